The minimum atomic E-state index is -0.373. The van der Waals surface area contributed by atoms with E-state index in [9.17, 15) is 14.0 Å². The summed E-state index contributed by atoms with van der Waals surface area (Å²) in [6.45, 7) is 1.54. The number of thioether (sulfide) groups is 1. The molecular weight excluding hydrogens is 421 g/mol. The van der Waals surface area contributed by atoms with Crippen LogP contribution in [0.25, 0.3) is 5.65 Å². The highest BCUT2D eigenvalue weighted by Gasteiger charge is 2.11. The molecule has 1 N–H and O–H groups in total. The molecule has 2 heterocycles. The Bertz CT molecular complexity index is 1280. The number of hydrogen-bond acceptors (Lipinski definition) is 6. The van der Waals surface area contributed by atoms with E-state index < -0.39 is 0 Å². The largest absolute Gasteiger partial charge is 0.484 e. The molecule has 158 valence electrons. The van der Waals surface area contributed by atoms with E-state index in [1.165, 1.54) is 42.1 Å². The summed E-state index contributed by atoms with van der Waals surface area (Å²) in [4.78, 5) is 29.7. The van der Waals surface area contributed by atoms with Crippen molar-refractivity contribution in [2.24, 2.45) is 0 Å². The highest BCUT2D eigenvalue weighted by molar-refractivity contribution is 7.98. The van der Waals surface area contributed by atoms with Gasteiger partial charge in [0, 0.05) is 22.8 Å². The number of aryl methyl sites for hydroxylation is 1. The van der Waals surface area contributed by atoms with Crippen LogP contribution in [0.5, 0.6) is 5.75 Å². The van der Waals surface area contributed by atoms with Crippen LogP contribution in [-0.2, 0) is 10.5 Å². The second-order valence-electron chi connectivity index (χ2n) is 6.66. The van der Waals surface area contributed by atoms with Crippen molar-refractivity contribution in [2.45, 2.75) is 17.6 Å². The standard InChI is InChI=1S/C22H18FN3O4S/c1-14-10-20-24-16(11-22(28)26(20)30-14)13-31-19-5-3-2-4-18(19)25-21(27)12-29-17-8-6-15(23)7-9-17/h2-11H,12-13H2,1H3,(H,25,27). The van der Waals surface area contributed by atoms with E-state index >= 15 is 0 Å². The van der Waals surface area contributed by atoms with Gasteiger partial charge < -0.3 is 14.6 Å². The third-order valence-electron chi connectivity index (χ3n) is 4.24. The molecule has 0 aliphatic carbocycles. The number of fused-ring (bicyclic) bond motifs is 1. The van der Waals surface area contributed by atoms with Crippen molar-refractivity contribution in [1.82, 2.24) is 9.56 Å². The minimum absolute atomic E-state index is 0.209. The number of carbonyl (C=O) groups is 1. The maximum atomic E-state index is 12.9. The van der Waals surface area contributed by atoms with Crippen molar-refractivity contribution in [3.8, 4) is 5.75 Å². The predicted octanol–water partition coefficient (Wildman–Crippen LogP) is 4.04. The van der Waals surface area contributed by atoms with E-state index in [4.69, 9.17) is 9.26 Å². The monoisotopic (exact) mass is 439 g/mol. The average Bonchev–Trinajstić information content (AvgIpc) is 3.13. The number of nitrogens with zero attached hydrogens (tertiary/aromatic N) is 2. The summed E-state index contributed by atoms with van der Waals surface area (Å²) >= 11 is 1.44. The number of nitrogens with one attached hydrogen (secondary N) is 1. The topological polar surface area (TPSA) is 85.8 Å². The van der Waals surface area contributed by atoms with Gasteiger partial charge in [-0.05, 0) is 43.3 Å². The Morgan fingerprint density at radius 1 is 1.19 bits per heavy atom. The second-order valence-corrected chi connectivity index (χ2v) is 7.68. The maximum absolute atomic E-state index is 12.9. The van der Waals surface area contributed by atoms with Gasteiger partial charge in [-0.25, -0.2) is 9.37 Å². The van der Waals surface area contributed by atoms with Crippen LogP contribution in [-0.4, -0.2) is 22.1 Å². The van der Waals surface area contributed by atoms with Gasteiger partial charge in [-0.3, -0.25) is 9.59 Å². The predicted molar refractivity (Wildman–Crippen MR) is 115 cm³/mol. The van der Waals surface area contributed by atoms with Gasteiger partial charge in [-0.2, -0.15) is 0 Å². The van der Waals surface area contributed by atoms with Crippen LogP contribution in [0.15, 0.2) is 74.9 Å². The molecule has 0 bridgehead atoms. The molecular formula is C22H18FN3O4S. The van der Waals surface area contributed by atoms with Crippen molar-refractivity contribution in [1.29, 1.82) is 0 Å². The number of ether oxygens (including phenoxy) is 1. The lowest BCUT2D eigenvalue weighted by Crippen LogP contribution is -2.20. The number of benzene rings is 2. The number of aromatic nitrogens is 2. The highest BCUT2D eigenvalue weighted by atomic mass is 32.2. The normalized spacial score (nSPS) is 10.9. The first-order valence-electron chi connectivity index (χ1n) is 9.37. The summed E-state index contributed by atoms with van der Waals surface area (Å²) in [6.07, 6.45) is 0. The van der Waals surface area contributed by atoms with Crippen LogP contribution in [0, 0.1) is 12.7 Å². The molecule has 9 heteroatoms. The van der Waals surface area contributed by atoms with Crippen LogP contribution in [0.3, 0.4) is 0 Å². The molecule has 0 aliphatic heterocycles. The lowest BCUT2D eigenvalue weighted by atomic mass is 10.3. The molecule has 0 fully saturated rings. The van der Waals surface area contributed by atoms with Crippen molar-refractivity contribution in [3.05, 3.63) is 88.3 Å². The molecule has 2 aromatic heterocycles. The second kappa shape index (κ2) is 9.05. The molecule has 0 unspecified atom stereocenters. The molecule has 4 aromatic rings. The van der Waals surface area contributed by atoms with Crippen LogP contribution in [0.1, 0.15) is 11.5 Å². The summed E-state index contributed by atoms with van der Waals surface area (Å²) in [5.41, 5.74) is 1.40. The Balaban J connectivity index is 1.40. The molecule has 0 saturated heterocycles. The zero-order valence-electron chi connectivity index (χ0n) is 16.5. The molecule has 0 radical (unpaired) electrons. The smallest absolute Gasteiger partial charge is 0.287 e. The van der Waals surface area contributed by atoms with Gasteiger partial charge >= 0.3 is 0 Å². The third kappa shape index (κ3) is 5.13. The average molecular weight is 439 g/mol. The van der Waals surface area contributed by atoms with Gasteiger partial charge in [0.1, 0.15) is 17.3 Å². The molecule has 0 atom stereocenters. The summed E-state index contributed by atoms with van der Waals surface area (Å²) < 4.78 is 24.8. The summed E-state index contributed by atoms with van der Waals surface area (Å²) in [5.74, 6) is 0.729. The Morgan fingerprint density at radius 2 is 1.97 bits per heavy atom. The molecule has 0 saturated carbocycles. The van der Waals surface area contributed by atoms with Crippen LogP contribution in [0.2, 0.25) is 0 Å². The first-order chi connectivity index (χ1) is 15.0. The fourth-order valence-corrected chi connectivity index (χ4v) is 3.76. The van der Waals surface area contributed by atoms with Crippen LogP contribution >= 0.6 is 11.8 Å². The summed E-state index contributed by atoms with van der Waals surface area (Å²) in [6, 6.07) is 15.9. The van der Waals surface area contributed by atoms with Gasteiger partial charge in [0.15, 0.2) is 12.3 Å². The number of halogens is 1. The zero-order chi connectivity index (χ0) is 21.8. The molecule has 0 spiro atoms. The Hall–Kier alpha value is -3.59. The number of para-hydroxylation sites is 1. The van der Waals surface area contributed by atoms with Gasteiger partial charge in [-0.15, -0.1) is 16.3 Å². The molecule has 0 aliphatic rings. The number of anilines is 1. The van der Waals surface area contributed by atoms with E-state index in [1.54, 1.807) is 19.1 Å². The van der Waals surface area contributed by atoms with Crippen LogP contribution < -0.4 is 15.6 Å². The van der Waals surface area contributed by atoms with Gasteiger partial charge in [0.05, 0.1) is 11.4 Å². The lowest BCUT2D eigenvalue weighted by molar-refractivity contribution is -0.118. The first-order valence-corrected chi connectivity index (χ1v) is 10.4. The van der Waals surface area contributed by atoms with E-state index in [2.05, 4.69) is 10.3 Å². The third-order valence-corrected chi connectivity index (χ3v) is 5.35. The van der Waals surface area contributed by atoms with Gasteiger partial charge in [0.2, 0.25) is 0 Å². The summed E-state index contributed by atoms with van der Waals surface area (Å²) in [7, 11) is 0. The lowest BCUT2D eigenvalue weighted by Gasteiger charge is -2.11. The van der Waals surface area contributed by atoms with Crippen molar-refractivity contribution < 1.29 is 18.4 Å². The van der Waals surface area contributed by atoms with Crippen molar-refractivity contribution >= 4 is 29.0 Å². The van der Waals surface area contributed by atoms with Crippen molar-refractivity contribution in [3.63, 3.8) is 0 Å². The zero-order valence-corrected chi connectivity index (χ0v) is 17.3. The Kier molecular flexibility index (Phi) is 6.03. The maximum Gasteiger partial charge on any atom is 0.287 e. The fraction of sp³-hybridized carbons (Fsp3) is 0.136. The Labute approximate surface area is 180 Å². The van der Waals surface area contributed by atoms with Crippen LogP contribution in [0.4, 0.5) is 10.1 Å². The van der Waals surface area contributed by atoms with E-state index in [0.717, 1.165) is 9.47 Å². The van der Waals surface area contributed by atoms with E-state index in [-0.39, 0.29) is 23.9 Å². The quantitative estimate of drug-likeness (QED) is 0.438. The number of amides is 1. The fourth-order valence-electron chi connectivity index (χ4n) is 2.86. The number of carbonyl (C=O) groups excluding carboxylic acids is 1. The number of hydrogen-bond donors (Lipinski definition) is 1. The SMILES string of the molecule is Cc1cc2nc(CSc3ccccc3NC(=O)COc3ccc(F)cc3)cc(=O)n2o1. The highest BCUT2D eigenvalue weighted by Crippen LogP contribution is 2.29. The minimum Gasteiger partial charge on any atom is -0.484 e. The molecule has 31 heavy (non-hydrogen) atoms. The van der Waals surface area contributed by atoms with Crippen molar-refractivity contribution in [2.75, 3.05) is 11.9 Å². The summed E-state index contributed by atoms with van der Waals surface area (Å²) in [5, 5.41) is 2.81. The first kappa shape index (κ1) is 20.7. The molecule has 7 nitrogen and oxygen atoms in total. The van der Waals surface area contributed by atoms with Gasteiger partial charge in [-0.1, -0.05) is 12.1 Å². The Morgan fingerprint density at radius 3 is 2.77 bits per heavy atom. The molecule has 2 aromatic carbocycles. The van der Waals surface area contributed by atoms with E-state index in [1.807, 2.05) is 18.2 Å². The van der Waals surface area contributed by atoms with Gasteiger partial charge in [0.25, 0.3) is 11.5 Å². The molecule has 4 rings (SSSR count). The molecule has 1 amide bonds. The number of rotatable bonds is 7. The van der Waals surface area contributed by atoms with E-state index in [0.29, 0.717) is 34.3 Å².